The maximum Gasteiger partial charge on any atom is 0.408 e. The highest BCUT2D eigenvalue weighted by atomic mass is 19.4. The smallest absolute Gasteiger partial charge is 0.339 e. The Kier molecular flexibility index (Phi) is 2.79. The van der Waals surface area contributed by atoms with Crippen LogP contribution in [0.4, 0.5) is 13.2 Å². The molecule has 0 aromatic carbocycles. The van der Waals surface area contributed by atoms with Gasteiger partial charge < -0.3 is 5.32 Å². The fourth-order valence-electron chi connectivity index (χ4n) is 2.48. The number of nitrogens with one attached hydrogen (secondary N) is 1. The number of carbonyl (C=O) groups excluding carboxylic acids is 1. The van der Waals surface area contributed by atoms with Crippen LogP contribution in [0, 0.1) is 5.92 Å². The van der Waals surface area contributed by atoms with Crippen molar-refractivity contribution < 1.29 is 18.0 Å². The summed E-state index contributed by atoms with van der Waals surface area (Å²) < 4.78 is 40.1. The quantitative estimate of drug-likeness (QED) is 0.914. The zero-order valence-electron chi connectivity index (χ0n) is 10.2. The number of nitrogens with zero attached hydrogens (tertiary/aromatic N) is 2. The average molecular weight is 273 g/mol. The van der Waals surface area contributed by atoms with Crippen LogP contribution in [0.15, 0.2) is 6.07 Å². The molecule has 0 saturated heterocycles. The Bertz CT molecular complexity index is 483. The molecule has 1 atom stereocenters. The molecule has 1 aromatic heterocycles. The number of halogens is 3. The molecule has 2 aliphatic rings. The molecule has 1 unspecified atom stereocenters. The SMILES string of the molecule is O=C(NC(C1CC1)C(F)(F)F)c1cc2n(n1)CCC2. The lowest BCUT2D eigenvalue weighted by Crippen LogP contribution is -2.47. The largest absolute Gasteiger partial charge is 0.408 e. The minimum Gasteiger partial charge on any atom is -0.339 e. The van der Waals surface area contributed by atoms with Gasteiger partial charge in [-0.1, -0.05) is 0 Å². The number of hydrogen-bond acceptors (Lipinski definition) is 2. The molecule has 1 amide bonds. The summed E-state index contributed by atoms with van der Waals surface area (Å²) in [6.45, 7) is 0.730. The van der Waals surface area contributed by atoms with Gasteiger partial charge in [0.2, 0.25) is 0 Å². The molecule has 3 rings (SSSR count). The second-order valence-electron chi connectivity index (χ2n) is 5.18. The summed E-state index contributed by atoms with van der Waals surface area (Å²) in [6.07, 6.45) is -1.56. The fraction of sp³-hybridized carbons (Fsp3) is 0.667. The summed E-state index contributed by atoms with van der Waals surface area (Å²) in [5, 5.41) is 6.13. The highest BCUT2D eigenvalue weighted by Gasteiger charge is 2.49. The number of fused-ring (bicyclic) bond motifs is 1. The van der Waals surface area contributed by atoms with Crippen LogP contribution in [0.25, 0.3) is 0 Å². The molecule has 1 aliphatic heterocycles. The summed E-state index contributed by atoms with van der Waals surface area (Å²) in [5.41, 5.74) is 1.00. The van der Waals surface area contributed by atoms with E-state index in [1.54, 1.807) is 10.7 Å². The second kappa shape index (κ2) is 4.25. The Hall–Kier alpha value is -1.53. The van der Waals surface area contributed by atoms with E-state index in [1.165, 1.54) is 0 Å². The molecule has 104 valence electrons. The lowest BCUT2D eigenvalue weighted by Gasteiger charge is -2.20. The van der Waals surface area contributed by atoms with E-state index in [9.17, 15) is 18.0 Å². The number of aromatic nitrogens is 2. The van der Waals surface area contributed by atoms with E-state index in [4.69, 9.17) is 0 Å². The molecule has 1 fully saturated rings. The van der Waals surface area contributed by atoms with Crippen molar-refractivity contribution in [2.24, 2.45) is 5.92 Å². The minimum absolute atomic E-state index is 0.0876. The van der Waals surface area contributed by atoms with Crippen molar-refractivity contribution in [3.63, 3.8) is 0 Å². The molecule has 1 aromatic rings. The summed E-state index contributed by atoms with van der Waals surface area (Å²) in [4.78, 5) is 11.9. The van der Waals surface area contributed by atoms with E-state index in [0.29, 0.717) is 12.8 Å². The van der Waals surface area contributed by atoms with E-state index >= 15 is 0 Å². The molecule has 4 nitrogen and oxygen atoms in total. The van der Waals surface area contributed by atoms with Gasteiger partial charge in [-0.2, -0.15) is 18.3 Å². The van der Waals surface area contributed by atoms with Gasteiger partial charge in [-0.3, -0.25) is 9.48 Å². The Morgan fingerprint density at radius 3 is 2.79 bits per heavy atom. The molecule has 0 spiro atoms. The summed E-state index contributed by atoms with van der Waals surface area (Å²) >= 11 is 0. The molecule has 1 N–H and O–H groups in total. The molecule has 1 saturated carbocycles. The molecular weight excluding hydrogens is 259 g/mol. The van der Waals surface area contributed by atoms with Crippen LogP contribution in [0.3, 0.4) is 0 Å². The lowest BCUT2D eigenvalue weighted by molar-refractivity contribution is -0.158. The van der Waals surface area contributed by atoms with Gasteiger partial charge in [0.15, 0.2) is 0 Å². The van der Waals surface area contributed by atoms with Crippen LogP contribution in [0.5, 0.6) is 0 Å². The molecule has 19 heavy (non-hydrogen) atoms. The zero-order chi connectivity index (χ0) is 13.6. The molecule has 0 radical (unpaired) electrons. The molecule has 2 heterocycles. The number of alkyl halides is 3. The standard InChI is InChI=1S/C12H14F3N3O/c13-12(14,15)10(7-3-4-7)16-11(19)9-6-8-2-1-5-18(8)17-9/h6-7,10H,1-5H2,(H,16,19). The Balaban J connectivity index is 1.72. The topological polar surface area (TPSA) is 46.9 Å². The summed E-state index contributed by atoms with van der Waals surface area (Å²) in [5.74, 6) is -1.20. The van der Waals surface area contributed by atoms with E-state index in [-0.39, 0.29) is 5.69 Å². The van der Waals surface area contributed by atoms with Crippen LogP contribution >= 0.6 is 0 Å². The molecule has 1 aliphatic carbocycles. The van der Waals surface area contributed by atoms with Crippen molar-refractivity contribution in [1.82, 2.24) is 15.1 Å². The van der Waals surface area contributed by atoms with Crippen molar-refractivity contribution >= 4 is 5.91 Å². The second-order valence-corrected chi connectivity index (χ2v) is 5.18. The summed E-state index contributed by atoms with van der Waals surface area (Å²) in [6, 6.07) is -0.153. The first-order valence-electron chi connectivity index (χ1n) is 6.39. The monoisotopic (exact) mass is 273 g/mol. The highest BCUT2D eigenvalue weighted by molar-refractivity contribution is 5.92. The maximum atomic E-state index is 12.8. The van der Waals surface area contributed by atoms with Gasteiger partial charge in [0.25, 0.3) is 5.91 Å². The van der Waals surface area contributed by atoms with Crippen LogP contribution in [-0.4, -0.2) is 27.9 Å². The van der Waals surface area contributed by atoms with E-state index < -0.39 is 24.0 Å². The van der Waals surface area contributed by atoms with Gasteiger partial charge in [-0.05, 0) is 37.7 Å². The Labute approximate surface area is 108 Å². The van der Waals surface area contributed by atoms with Crippen molar-refractivity contribution in [3.8, 4) is 0 Å². The predicted molar refractivity (Wildman–Crippen MR) is 60.6 cm³/mol. The highest BCUT2D eigenvalue weighted by Crippen LogP contribution is 2.40. The van der Waals surface area contributed by atoms with Crippen molar-refractivity contribution in [2.45, 2.75) is 44.4 Å². The fourth-order valence-corrected chi connectivity index (χ4v) is 2.48. The van der Waals surface area contributed by atoms with Crippen LogP contribution in [-0.2, 0) is 13.0 Å². The lowest BCUT2D eigenvalue weighted by atomic mass is 10.1. The van der Waals surface area contributed by atoms with Crippen LogP contribution < -0.4 is 5.32 Å². The number of rotatable bonds is 3. The van der Waals surface area contributed by atoms with Gasteiger partial charge >= 0.3 is 6.18 Å². The van der Waals surface area contributed by atoms with Gasteiger partial charge in [-0.25, -0.2) is 0 Å². The van der Waals surface area contributed by atoms with Crippen molar-refractivity contribution in [2.75, 3.05) is 0 Å². The van der Waals surface area contributed by atoms with Crippen LogP contribution in [0.2, 0.25) is 0 Å². The third-order valence-corrected chi connectivity index (χ3v) is 3.63. The Morgan fingerprint density at radius 1 is 1.47 bits per heavy atom. The average Bonchev–Trinajstić information content (AvgIpc) is 2.89. The summed E-state index contributed by atoms with van der Waals surface area (Å²) in [7, 11) is 0. The molecule has 7 heteroatoms. The third kappa shape index (κ3) is 2.46. The van der Waals surface area contributed by atoms with Gasteiger partial charge in [0.05, 0.1) is 0 Å². The van der Waals surface area contributed by atoms with Crippen molar-refractivity contribution in [3.05, 3.63) is 17.5 Å². The first kappa shape index (κ1) is 12.5. The number of carbonyl (C=O) groups is 1. The Morgan fingerprint density at radius 2 is 2.21 bits per heavy atom. The normalized spacial score (nSPS) is 20.2. The number of aryl methyl sites for hydroxylation is 2. The third-order valence-electron chi connectivity index (χ3n) is 3.63. The van der Waals surface area contributed by atoms with E-state index in [0.717, 1.165) is 25.1 Å². The number of hydrogen-bond donors (Lipinski definition) is 1. The van der Waals surface area contributed by atoms with Gasteiger partial charge in [0.1, 0.15) is 11.7 Å². The maximum absolute atomic E-state index is 12.8. The predicted octanol–water partition coefficient (Wildman–Crippen LogP) is 1.90. The minimum atomic E-state index is -4.39. The van der Waals surface area contributed by atoms with Gasteiger partial charge in [-0.15, -0.1) is 0 Å². The van der Waals surface area contributed by atoms with Crippen LogP contribution in [0.1, 0.15) is 35.4 Å². The van der Waals surface area contributed by atoms with Gasteiger partial charge in [0, 0.05) is 12.2 Å². The first-order valence-corrected chi connectivity index (χ1v) is 6.39. The van der Waals surface area contributed by atoms with E-state index in [2.05, 4.69) is 10.4 Å². The molecular formula is C12H14F3N3O. The number of amides is 1. The van der Waals surface area contributed by atoms with E-state index in [1.807, 2.05) is 0 Å². The zero-order valence-corrected chi connectivity index (χ0v) is 10.2. The molecule has 0 bridgehead atoms. The first-order chi connectivity index (χ1) is 8.95. The van der Waals surface area contributed by atoms with Crippen molar-refractivity contribution in [1.29, 1.82) is 0 Å².